The van der Waals surface area contributed by atoms with Gasteiger partial charge in [0.2, 0.25) is 0 Å². The van der Waals surface area contributed by atoms with Gasteiger partial charge in [0.05, 0.1) is 0 Å². The summed E-state index contributed by atoms with van der Waals surface area (Å²) in [5.41, 5.74) is 4.32. The van der Waals surface area contributed by atoms with Crippen molar-refractivity contribution in [2.75, 3.05) is 10.6 Å². The lowest BCUT2D eigenvalue weighted by atomic mass is 10.1. The van der Waals surface area contributed by atoms with Gasteiger partial charge in [-0.2, -0.15) is 0 Å². The Balaban J connectivity index is 1.81. The molecule has 0 bridgehead atoms. The van der Waals surface area contributed by atoms with Gasteiger partial charge in [-0.25, -0.2) is 9.59 Å². The molecule has 0 saturated heterocycles. The number of urea groups is 1. The fraction of sp³-hybridized carbons (Fsp3) is 0.158. The Bertz CT molecular complexity index is 969. The molecule has 0 aliphatic rings. The van der Waals surface area contributed by atoms with Gasteiger partial charge in [0.25, 0.3) is 0 Å². The number of carbonyl (C=O) groups excluding carboxylic acids is 1. The lowest BCUT2D eigenvalue weighted by molar-refractivity contribution is 0.262. The van der Waals surface area contributed by atoms with Crippen LogP contribution in [-0.2, 0) is 0 Å². The van der Waals surface area contributed by atoms with Crippen LogP contribution in [0.4, 0.5) is 16.2 Å². The summed E-state index contributed by atoms with van der Waals surface area (Å²) in [4.78, 5) is 23.6. The Hall–Kier alpha value is -3.08. The Morgan fingerprint density at radius 2 is 1.54 bits per heavy atom. The minimum atomic E-state index is -0.406. The molecule has 3 aromatic rings. The highest BCUT2D eigenvalue weighted by atomic mass is 16.4. The molecule has 5 heteroatoms. The van der Waals surface area contributed by atoms with Crippen molar-refractivity contribution in [2.24, 2.45) is 0 Å². The normalized spacial score (nSPS) is 10.6. The zero-order valence-corrected chi connectivity index (χ0v) is 13.8. The number of anilines is 2. The molecule has 5 nitrogen and oxygen atoms in total. The van der Waals surface area contributed by atoms with E-state index in [1.165, 1.54) is 6.07 Å². The van der Waals surface area contributed by atoms with Crippen molar-refractivity contribution in [3.05, 3.63) is 69.6 Å². The summed E-state index contributed by atoms with van der Waals surface area (Å²) in [6.07, 6.45) is 0. The monoisotopic (exact) mass is 322 g/mol. The molecule has 3 rings (SSSR count). The number of nitrogens with one attached hydrogen (secondary N) is 2. The van der Waals surface area contributed by atoms with Gasteiger partial charge in [-0.1, -0.05) is 6.07 Å². The first-order valence-electron chi connectivity index (χ1n) is 7.61. The van der Waals surface area contributed by atoms with Crippen LogP contribution in [0.2, 0.25) is 0 Å². The first kappa shape index (κ1) is 15.8. The van der Waals surface area contributed by atoms with Crippen LogP contribution in [0.25, 0.3) is 11.0 Å². The van der Waals surface area contributed by atoms with E-state index in [2.05, 4.69) is 10.6 Å². The van der Waals surface area contributed by atoms with Gasteiger partial charge in [-0.3, -0.25) is 0 Å². The molecule has 0 aliphatic carbocycles. The molecule has 2 amide bonds. The van der Waals surface area contributed by atoms with E-state index >= 15 is 0 Å². The number of hydrogen-bond acceptors (Lipinski definition) is 3. The third-order valence-electron chi connectivity index (χ3n) is 3.69. The largest absolute Gasteiger partial charge is 0.423 e. The van der Waals surface area contributed by atoms with E-state index in [9.17, 15) is 9.59 Å². The maximum Gasteiger partial charge on any atom is 0.336 e. The number of hydrogen-bond donors (Lipinski definition) is 2. The molecule has 0 saturated carbocycles. The Kier molecular flexibility index (Phi) is 4.08. The number of carbonyl (C=O) groups is 1. The fourth-order valence-electron chi connectivity index (χ4n) is 2.74. The molecule has 1 aromatic heterocycles. The Morgan fingerprint density at radius 1 is 0.875 bits per heavy atom. The van der Waals surface area contributed by atoms with Gasteiger partial charge in [-0.05, 0) is 61.7 Å². The van der Waals surface area contributed by atoms with E-state index < -0.39 is 5.63 Å². The maximum atomic E-state index is 12.2. The SMILES string of the molecule is Cc1cc(C)cc(NC(=O)Nc2ccc3c(C)cc(=O)oc3c2)c1. The molecule has 122 valence electrons. The third-order valence-corrected chi connectivity index (χ3v) is 3.69. The van der Waals surface area contributed by atoms with Gasteiger partial charge >= 0.3 is 11.7 Å². The van der Waals surface area contributed by atoms with Crippen molar-refractivity contribution in [3.8, 4) is 0 Å². The van der Waals surface area contributed by atoms with E-state index in [0.717, 1.165) is 27.8 Å². The summed E-state index contributed by atoms with van der Waals surface area (Å²) >= 11 is 0. The smallest absolute Gasteiger partial charge is 0.336 e. The van der Waals surface area contributed by atoms with Crippen molar-refractivity contribution in [1.29, 1.82) is 0 Å². The quantitative estimate of drug-likeness (QED) is 0.689. The van der Waals surface area contributed by atoms with Crippen LogP contribution in [0.3, 0.4) is 0 Å². The standard InChI is InChI=1S/C19H18N2O3/c1-11-6-12(2)8-15(7-11)21-19(23)20-14-4-5-16-13(3)9-18(22)24-17(16)10-14/h4-10H,1-3H3,(H2,20,21,23). The second-order valence-electron chi connectivity index (χ2n) is 5.91. The van der Waals surface area contributed by atoms with E-state index in [0.29, 0.717) is 11.3 Å². The summed E-state index contributed by atoms with van der Waals surface area (Å²) in [7, 11) is 0. The highest BCUT2D eigenvalue weighted by Gasteiger charge is 2.07. The van der Waals surface area contributed by atoms with Crippen LogP contribution in [0.15, 0.2) is 51.7 Å². The summed E-state index contributed by atoms with van der Waals surface area (Å²) in [6, 6.07) is 12.2. The van der Waals surface area contributed by atoms with E-state index in [-0.39, 0.29) is 6.03 Å². The molecule has 0 spiro atoms. The molecule has 24 heavy (non-hydrogen) atoms. The van der Waals surface area contributed by atoms with Gasteiger partial charge in [0.15, 0.2) is 0 Å². The highest BCUT2D eigenvalue weighted by molar-refractivity contribution is 6.01. The summed E-state index contributed by atoms with van der Waals surface area (Å²) in [5, 5.41) is 6.39. The third kappa shape index (κ3) is 3.46. The molecule has 0 atom stereocenters. The minimum Gasteiger partial charge on any atom is -0.423 e. The van der Waals surface area contributed by atoms with Crippen LogP contribution < -0.4 is 16.3 Å². The molecular formula is C19H18N2O3. The predicted molar refractivity (Wildman–Crippen MR) is 95.8 cm³/mol. The van der Waals surface area contributed by atoms with Gasteiger partial charge in [0, 0.05) is 28.9 Å². The zero-order chi connectivity index (χ0) is 17.3. The number of aryl methyl sites for hydroxylation is 3. The van der Waals surface area contributed by atoms with E-state index in [4.69, 9.17) is 4.42 Å². The molecule has 2 N–H and O–H groups in total. The van der Waals surface area contributed by atoms with Gasteiger partial charge in [-0.15, -0.1) is 0 Å². The Labute approximate surface area is 139 Å². The molecule has 0 unspecified atom stereocenters. The van der Waals surface area contributed by atoms with E-state index in [1.54, 1.807) is 12.1 Å². The topological polar surface area (TPSA) is 71.3 Å². The Morgan fingerprint density at radius 3 is 2.25 bits per heavy atom. The first-order valence-corrected chi connectivity index (χ1v) is 7.61. The van der Waals surface area contributed by atoms with Gasteiger partial charge < -0.3 is 15.1 Å². The molecule has 0 aliphatic heterocycles. The van der Waals surface area contributed by atoms with Gasteiger partial charge in [0.1, 0.15) is 5.58 Å². The van der Waals surface area contributed by atoms with Crippen molar-refractivity contribution in [3.63, 3.8) is 0 Å². The van der Waals surface area contributed by atoms with Crippen molar-refractivity contribution in [1.82, 2.24) is 0 Å². The number of benzene rings is 2. The molecular weight excluding hydrogens is 304 g/mol. The number of fused-ring (bicyclic) bond motifs is 1. The lowest BCUT2D eigenvalue weighted by Gasteiger charge is -2.10. The van der Waals surface area contributed by atoms with Crippen LogP contribution in [0.1, 0.15) is 16.7 Å². The second-order valence-corrected chi connectivity index (χ2v) is 5.91. The summed E-state index contributed by atoms with van der Waals surface area (Å²) < 4.78 is 5.19. The van der Waals surface area contributed by atoms with Crippen LogP contribution in [-0.4, -0.2) is 6.03 Å². The number of rotatable bonds is 2. The lowest BCUT2D eigenvalue weighted by Crippen LogP contribution is -2.19. The van der Waals surface area contributed by atoms with Crippen molar-refractivity contribution < 1.29 is 9.21 Å². The predicted octanol–water partition coefficient (Wildman–Crippen LogP) is 4.36. The fourth-order valence-corrected chi connectivity index (χ4v) is 2.74. The molecule has 0 radical (unpaired) electrons. The van der Waals surface area contributed by atoms with E-state index in [1.807, 2.05) is 45.0 Å². The summed E-state index contributed by atoms with van der Waals surface area (Å²) in [6.45, 7) is 5.80. The van der Waals surface area contributed by atoms with Crippen LogP contribution in [0.5, 0.6) is 0 Å². The average Bonchev–Trinajstić information content (AvgIpc) is 2.45. The summed E-state index contributed by atoms with van der Waals surface area (Å²) in [5.74, 6) is 0. The maximum absolute atomic E-state index is 12.2. The zero-order valence-electron chi connectivity index (χ0n) is 13.8. The number of amides is 2. The van der Waals surface area contributed by atoms with Crippen LogP contribution >= 0.6 is 0 Å². The first-order chi connectivity index (χ1) is 11.4. The molecule has 2 aromatic carbocycles. The molecule has 1 heterocycles. The minimum absolute atomic E-state index is 0.352. The highest BCUT2D eigenvalue weighted by Crippen LogP contribution is 2.21. The molecule has 0 fully saturated rings. The van der Waals surface area contributed by atoms with Crippen molar-refractivity contribution in [2.45, 2.75) is 20.8 Å². The van der Waals surface area contributed by atoms with Crippen molar-refractivity contribution >= 4 is 28.4 Å². The second kappa shape index (κ2) is 6.20. The van der Waals surface area contributed by atoms with Crippen LogP contribution in [0, 0.1) is 20.8 Å². The average molecular weight is 322 g/mol.